The van der Waals surface area contributed by atoms with Crippen LogP contribution in [0.4, 0.5) is 18.0 Å². The molecule has 1 saturated heterocycles. The number of alkyl halides is 3. The number of amides is 2. The van der Waals surface area contributed by atoms with Gasteiger partial charge >= 0.3 is 6.18 Å². The maximum absolute atomic E-state index is 12.8. The highest BCUT2D eigenvalue weighted by Crippen LogP contribution is 2.42. The second-order valence-electron chi connectivity index (χ2n) is 6.77. The Morgan fingerprint density at radius 3 is 2.69 bits per heavy atom. The summed E-state index contributed by atoms with van der Waals surface area (Å²) < 4.78 is 44.0. The van der Waals surface area contributed by atoms with E-state index in [9.17, 15) is 22.8 Å². The van der Waals surface area contributed by atoms with Crippen molar-refractivity contribution in [2.45, 2.75) is 36.6 Å². The van der Waals surface area contributed by atoms with E-state index in [1.54, 1.807) is 6.07 Å². The van der Waals surface area contributed by atoms with Crippen molar-refractivity contribution in [2.24, 2.45) is 0 Å². The largest absolute Gasteiger partial charge is 0.454 e. The van der Waals surface area contributed by atoms with Crippen molar-refractivity contribution in [1.29, 1.82) is 0 Å². The summed E-state index contributed by atoms with van der Waals surface area (Å²) >= 11 is 6.92. The van der Waals surface area contributed by atoms with Gasteiger partial charge in [-0.1, -0.05) is 23.4 Å². The molecule has 10 heteroatoms. The van der Waals surface area contributed by atoms with Gasteiger partial charge in [0.25, 0.3) is 5.24 Å². The molecule has 152 valence electrons. The smallest absolute Gasteiger partial charge is 0.416 e. The Hall–Kier alpha value is -2.26. The van der Waals surface area contributed by atoms with E-state index in [-0.39, 0.29) is 27.8 Å². The predicted octanol–water partition coefficient (Wildman–Crippen LogP) is 5.32. The number of ether oxygens (including phenoxy) is 1. The van der Waals surface area contributed by atoms with Crippen LogP contribution in [0.1, 0.15) is 35.6 Å². The third kappa shape index (κ3) is 4.06. The number of nitrogens with zero attached hydrogens (tertiary/aromatic N) is 1. The number of rotatable bonds is 3. The monoisotopic (exact) mass is 442 g/mol. The first-order chi connectivity index (χ1) is 13.7. The minimum Gasteiger partial charge on any atom is -0.454 e. The van der Waals surface area contributed by atoms with Crippen molar-refractivity contribution in [3.05, 3.63) is 52.3 Å². The summed E-state index contributed by atoms with van der Waals surface area (Å²) in [5, 5.41) is 1.27. The Labute approximate surface area is 173 Å². The molecule has 1 N–H and O–H groups in total. The number of hydrogen-bond acceptors (Lipinski definition) is 5. The molecule has 2 aromatic rings. The van der Waals surface area contributed by atoms with Crippen molar-refractivity contribution in [2.75, 3.05) is 0 Å². The Morgan fingerprint density at radius 2 is 2.03 bits per heavy atom. The number of imide groups is 1. The van der Waals surface area contributed by atoms with Gasteiger partial charge in [-0.25, -0.2) is 0 Å². The lowest BCUT2D eigenvalue weighted by Gasteiger charge is -2.27. The van der Waals surface area contributed by atoms with E-state index in [4.69, 9.17) is 16.3 Å². The topological polar surface area (TPSA) is 68.3 Å². The Bertz CT molecular complexity index is 999. The van der Waals surface area contributed by atoms with Crippen LogP contribution < -0.4 is 10.1 Å². The standard InChI is InChI=1S/C19H14ClF3N2O3S/c20-13-7-10(19(21,22)23)4-5-14(13)28-11-6-9-2-1-3-12(15(9)24-8-11)16-17(26)25-18(27)29-16/h4-8,12,16H,1-3H2,(H,25,26,27)/t12-,16?/m1/s1. The molecule has 0 radical (unpaired) electrons. The van der Waals surface area contributed by atoms with Gasteiger partial charge in [-0.2, -0.15) is 13.2 Å². The number of aryl methyl sites for hydroxylation is 1. The molecule has 4 rings (SSSR count). The van der Waals surface area contributed by atoms with Crippen LogP contribution in [0, 0.1) is 0 Å². The zero-order valence-corrected chi connectivity index (χ0v) is 16.3. The summed E-state index contributed by atoms with van der Waals surface area (Å²) in [5.74, 6) is -0.0637. The lowest BCUT2D eigenvalue weighted by atomic mass is 9.84. The number of benzene rings is 1. The average molecular weight is 443 g/mol. The zero-order chi connectivity index (χ0) is 20.8. The highest BCUT2D eigenvalue weighted by atomic mass is 35.5. The van der Waals surface area contributed by atoms with Gasteiger partial charge < -0.3 is 4.74 Å². The number of aromatic nitrogens is 1. The van der Waals surface area contributed by atoms with E-state index < -0.39 is 17.0 Å². The molecule has 1 fully saturated rings. The lowest BCUT2D eigenvalue weighted by molar-refractivity contribution is -0.137. The van der Waals surface area contributed by atoms with Crippen molar-refractivity contribution < 1.29 is 27.5 Å². The summed E-state index contributed by atoms with van der Waals surface area (Å²) in [4.78, 5) is 28.0. The first kappa shape index (κ1) is 20.0. The average Bonchev–Trinajstić information content (AvgIpc) is 3.00. The van der Waals surface area contributed by atoms with Gasteiger partial charge in [-0.15, -0.1) is 0 Å². The van der Waals surface area contributed by atoms with E-state index in [1.165, 1.54) is 12.3 Å². The summed E-state index contributed by atoms with van der Waals surface area (Å²) in [6.07, 6.45) is -0.754. The summed E-state index contributed by atoms with van der Waals surface area (Å²) in [6.45, 7) is 0. The molecular formula is C19H14ClF3N2O3S. The number of thioether (sulfide) groups is 1. The fraction of sp³-hybridized carbons (Fsp3) is 0.316. The van der Waals surface area contributed by atoms with Crippen LogP contribution in [0.25, 0.3) is 0 Å². The minimum atomic E-state index is -4.49. The van der Waals surface area contributed by atoms with E-state index in [2.05, 4.69) is 10.3 Å². The Kier molecular flexibility index (Phi) is 5.20. The SMILES string of the molecule is O=C1NC(=O)C([C@@H]2CCCc3cc(Oc4ccc(C(F)(F)F)cc4Cl)cnc32)S1. The highest BCUT2D eigenvalue weighted by Gasteiger charge is 2.41. The van der Waals surface area contributed by atoms with Crippen molar-refractivity contribution in [3.8, 4) is 11.5 Å². The quantitative estimate of drug-likeness (QED) is 0.697. The lowest BCUT2D eigenvalue weighted by Crippen LogP contribution is -2.30. The molecule has 1 aromatic carbocycles. The molecule has 2 heterocycles. The molecular weight excluding hydrogens is 429 g/mol. The molecule has 1 aliphatic heterocycles. The summed E-state index contributed by atoms with van der Waals surface area (Å²) in [6, 6.07) is 4.63. The first-order valence-electron chi connectivity index (χ1n) is 8.77. The number of halogens is 4. The van der Waals surface area contributed by atoms with Crippen LogP contribution in [-0.2, 0) is 17.4 Å². The van der Waals surface area contributed by atoms with Crippen molar-refractivity contribution in [1.82, 2.24) is 10.3 Å². The molecule has 2 atom stereocenters. The summed E-state index contributed by atoms with van der Waals surface area (Å²) in [7, 11) is 0. The van der Waals surface area contributed by atoms with Gasteiger partial charge in [-0.05, 0) is 49.1 Å². The number of pyridine rings is 1. The van der Waals surface area contributed by atoms with E-state index in [0.717, 1.165) is 54.4 Å². The van der Waals surface area contributed by atoms with E-state index in [1.807, 2.05) is 0 Å². The number of nitrogens with one attached hydrogen (secondary N) is 1. The maximum atomic E-state index is 12.8. The number of carbonyl (C=O) groups is 2. The number of carbonyl (C=O) groups excluding carboxylic acids is 2. The van der Waals surface area contributed by atoms with Gasteiger partial charge in [-0.3, -0.25) is 19.9 Å². The molecule has 1 unspecified atom stereocenters. The van der Waals surface area contributed by atoms with Gasteiger partial charge in [0.2, 0.25) is 5.91 Å². The molecule has 1 aromatic heterocycles. The molecule has 2 amide bonds. The van der Waals surface area contributed by atoms with Crippen LogP contribution in [0.15, 0.2) is 30.5 Å². The molecule has 2 aliphatic rings. The van der Waals surface area contributed by atoms with E-state index in [0.29, 0.717) is 5.75 Å². The first-order valence-corrected chi connectivity index (χ1v) is 10.0. The van der Waals surface area contributed by atoms with Crippen molar-refractivity contribution in [3.63, 3.8) is 0 Å². The second kappa shape index (κ2) is 7.53. The molecule has 0 saturated carbocycles. The van der Waals surface area contributed by atoms with Crippen LogP contribution in [0.3, 0.4) is 0 Å². The molecule has 1 aliphatic carbocycles. The normalized spacial score (nSPS) is 21.7. The van der Waals surface area contributed by atoms with Gasteiger partial charge in [0.15, 0.2) is 0 Å². The minimum absolute atomic E-state index is 0.0881. The third-order valence-corrected chi connectivity index (χ3v) is 6.27. The zero-order valence-electron chi connectivity index (χ0n) is 14.8. The molecule has 0 spiro atoms. The number of hydrogen-bond donors (Lipinski definition) is 1. The second-order valence-corrected chi connectivity index (χ2v) is 8.30. The number of fused-ring (bicyclic) bond motifs is 1. The predicted molar refractivity (Wildman–Crippen MR) is 101 cm³/mol. The van der Waals surface area contributed by atoms with Crippen LogP contribution in [-0.4, -0.2) is 21.4 Å². The van der Waals surface area contributed by atoms with Crippen molar-refractivity contribution >= 4 is 34.5 Å². The molecule has 5 nitrogen and oxygen atoms in total. The Morgan fingerprint density at radius 1 is 1.24 bits per heavy atom. The fourth-order valence-corrected chi connectivity index (χ4v) is 4.76. The Balaban J connectivity index is 1.57. The summed E-state index contributed by atoms with van der Waals surface area (Å²) in [5.41, 5.74) is 0.766. The molecule has 0 bridgehead atoms. The maximum Gasteiger partial charge on any atom is 0.416 e. The third-order valence-electron chi connectivity index (χ3n) is 4.86. The van der Waals surface area contributed by atoms with Crippen LogP contribution in [0.2, 0.25) is 5.02 Å². The van der Waals surface area contributed by atoms with Gasteiger partial charge in [0, 0.05) is 11.6 Å². The van der Waals surface area contributed by atoms with Crippen LogP contribution >= 0.6 is 23.4 Å². The molecule has 29 heavy (non-hydrogen) atoms. The van der Waals surface area contributed by atoms with Gasteiger partial charge in [0.1, 0.15) is 16.7 Å². The fourth-order valence-electron chi connectivity index (χ4n) is 3.55. The van der Waals surface area contributed by atoms with Gasteiger partial charge in [0.05, 0.1) is 16.8 Å². The van der Waals surface area contributed by atoms with Crippen LogP contribution in [0.5, 0.6) is 11.5 Å². The van der Waals surface area contributed by atoms with E-state index >= 15 is 0 Å². The highest BCUT2D eigenvalue weighted by molar-refractivity contribution is 8.15.